The van der Waals surface area contributed by atoms with Crippen LogP contribution in [0.1, 0.15) is 26.2 Å². The van der Waals surface area contributed by atoms with Crippen LogP contribution in [0.25, 0.3) is 0 Å². The molecule has 1 heterocycles. The Morgan fingerprint density at radius 1 is 1.39 bits per heavy atom. The zero-order chi connectivity index (χ0) is 13.7. The van der Waals surface area contributed by atoms with Crippen LogP contribution in [0, 0.1) is 0 Å². The van der Waals surface area contributed by atoms with Gasteiger partial charge in [0.2, 0.25) is 11.4 Å². The number of ketones is 1. The molecule has 3 atom stereocenters. The van der Waals surface area contributed by atoms with Crippen LogP contribution < -0.4 is 0 Å². The number of aliphatic hydroxyl groups is 4. The van der Waals surface area contributed by atoms with E-state index in [1.807, 2.05) is 0 Å². The highest BCUT2D eigenvalue weighted by atomic mass is 16.6. The number of esters is 1. The number of ether oxygens (including phenoxy) is 1. The summed E-state index contributed by atoms with van der Waals surface area (Å²) in [4.78, 5) is 22.5. The maximum Gasteiger partial charge on any atom is 0.378 e. The zero-order valence-corrected chi connectivity index (χ0v) is 9.71. The molecule has 2 rings (SSSR count). The third-order valence-corrected chi connectivity index (χ3v) is 3.69. The first-order valence-corrected chi connectivity index (χ1v) is 5.53. The van der Waals surface area contributed by atoms with Crippen molar-refractivity contribution in [3.63, 3.8) is 0 Å². The van der Waals surface area contributed by atoms with Crippen molar-refractivity contribution in [3.05, 3.63) is 11.5 Å². The molecule has 1 spiro atoms. The van der Waals surface area contributed by atoms with Gasteiger partial charge in [-0.15, -0.1) is 0 Å². The summed E-state index contributed by atoms with van der Waals surface area (Å²) in [6.07, 6.45) is -1.49. The molecule has 7 heteroatoms. The van der Waals surface area contributed by atoms with Gasteiger partial charge in [0.1, 0.15) is 11.7 Å². The van der Waals surface area contributed by atoms with Gasteiger partial charge in [-0.2, -0.15) is 0 Å². The van der Waals surface area contributed by atoms with Crippen molar-refractivity contribution >= 4 is 11.8 Å². The number of Topliss-reactive ketones (excluding diaryl/α,β-unsaturated/α-hetero) is 1. The molecule has 1 aliphatic heterocycles. The average Bonchev–Trinajstić information content (AvgIpc) is 2.75. The number of hydrogen-bond donors (Lipinski definition) is 4. The van der Waals surface area contributed by atoms with Crippen molar-refractivity contribution in [2.24, 2.45) is 0 Å². The summed E-state index contributed by atoms with van der Waals surface area (Å²) < 4.78 is 4.85. The molecule has 100 valence electrons. The molecule has 0 saturated heterocycles. The van der Waals surface area contributed by atoms with Crippen molar-refractivity contribution in [2.45, 2.75) is 43.5 Å². The molecule has 1 unspecified atom stereocenters. The molecule has 0 aromatic carbocycles. The Labute approximate surface area is 102 Å². The van der Waals surface area contributed by atoms with Gasteiger partial charge in [0, 0.05) is 0 Å². The van der Waals surface area contributed by atoms with E-state index in [1.54, 1.807) is 0 Å². The molecule has 0 radical (unpaired) electrons. The predicted octanol–water partition coefficient (Wildman–Crippen LogP) is -0.526. The average molecular weight is 258 g/mol. The molecule has 0 bridgehead atoms. The van der Waals surface area contributed by atoms with Crippen LogP contribution in [0.5, 0.6) is 0 Å². The van der Waals surface area contributed by atoms with Crippen LogP contribution >= 0.6 is 0 Å². The minimum absolute atomic E-state index is 0.0233. The number of carbonyl (C=O) groups is 2. The minimum Gasteiger partial charge on any atom is -0.505 e. The molecule has 1 saturated carbocycles. The van der Waals surface area contributed by atoms with Gasteiger partial charge in [0.25, 0.3) is 0 Å². The number of hydrogen-bond acceptors (Lipinski definition) is 7. The van der Waals surface area contributed by atoms with Crippen molar-refractivity contribution in [3.8, 4) is 0 Å². The van der Waals surface area contributed by atoms with Crippen molar-refractivity contribution in [1.82, 2.24) is 0 Å². The molecule has 4 N–H and O–H groups in total. The summed E-state index contributed by atoms with van der Waals surface area (Å²) >= 11 is 0. The van der Waals surface area contributed by atoms with Crippen LogP contribution in [0.4, 0.5) is 0 Å². The van der Waals surface area contributed by atoms with E-state index in [4.69, 9.17) is 4.74 Å². The normalized spacial score (nSPS) is 37.2. The lowest BCUT2D eigenvalue weighted by atomic mass is 9.79. The van der Waals surface area contributed by atoms with E-state index < -0.39 is 40.6 Å². The molecule has 1 aliphatic carbocycles. The lowest BCUT2D eigenvalue weighted by Crippen LogP contribution is -2.60. The summed E-state index contributed by atoms with van der Waals surface area (Å²) in [5, 5.41) is 39.3. The van der Waals surface area contributed by atoms with Gasteiger partial charge >= 0.3 is 5.97 Å². The Balaban J connectivity index is 2.51. The first-order valence-electron chi connectivity index (χ1n) is 5.53. The monoisotopic (exact) mass is 258 g/mol. The van der Waals surface area contributed by atoms with Gasteiger partial charge in [0.15, 0.2) is 11.5 Å². The standard InChI is InChI=1S/C11H14O7/c1-5(12)7(14)10(17)3-2-4-11(10)8(15)6(13)9(16)18-11/h7,13-15,17H,2-4H2,1H3/t7?,10-,11-/m0/s1. The third-order valence-electron chi connectivity index (χ3n) is 3.69. The third kappa shape index (κ3) is 1.31. The molecule has 7 nitrogen and oxygen atoms in total. The fourth-order valence-corrected chi connectivity index (χ4v) is 2.72. The molecule has 0 aromatic rings. The highest BCUT2D eigenvalue weighted by molar-refractivity contribution is 5.91. The topological polar surface area (TPSA) is 124 Å². The van der Waals surface area contributed by atoms with E-state index >= 15 is 0 Å². The Bertz CT molecular complexity index is 454. The molecule has 18 heavy (non-hydrogen) atoms. The highest BCUT2D eigenvalue weighted by Crippen LogP contribution is 2.51. The van der Waals surface area contributed by atoms with E-state index in [0.29, 0.717) is 6.42 Å². The summed E-state index contributed by atoms with van der Waals surface area (Å²) in [6, 6.07) is 0. The van der Waals surface area contributed by atoms with E-state index in [1.165, 1.54) is 0 Å². The van der Waals surface area contributed by atoms with E-state index in [2.05, 4.69) is 0 Å². The summed E-state index contributed by atoms with van der Waals surface area (Å²) in [5.41, 5.74) is -4.05. The van der Waals surface area contributed by atoms with Crippen molar-refractivity contribution in [1.29, 1.82) is 0 Å². The molecular weight excluding hydrogens is 244 g/mol. The summed E-state index contributed by atoms with van der Waals surface area (Å²) in [5.74, 6) is -3.71. The van der Waals surface area contributed by atoms with Crippen molar-refractivity contribution < 1.29 is 34.8 Å². The first kappa shape index (κ1) is 12.8. The van der Waals surface area contributed by atoms with Gasteiger partial charge < -0.3 is 25.2 Å². The predicted molar refractivity (Wildman–Crippen MR) is 56.6 cm³/mol. The Morgan fingerprint density at radius 2 is 2.00 bits per heavy atom. The van der Waals surface area contributed by atoms with Crippen LogP contribution in [-0.4, -0.2) is 49.5 Å². The first-order chi connectivity index (χ1) is 8.26. The number of carbonyl (C=O) groups excluding carboxylic acids is 2. The summed E-state index contributed by atoms with van der Waals surface area (Å²) in [7, 11) is 0. The van der Waals surface area contributed by atoms with Gasteiger partial charge in [-0.1, -0.05) is 0 Å². The van der Waals surface area contributed by atoms with E-state index in [9.17, 15) is 30.0 Å². The van der Waals surface area contributed by atoms with Gasteiger partial charge in [0.05, 0.1) is 0 Å². The SMILES string of the molecule is CC(=O)C(O)[C@@]1(O)CCC[C@@]12OC(=O)C(O)=C2O. The Kier molecular flexibility index (Phi) is 2.64. The molecule has 2 aliphatic rings. The quantitative estimate of drug-likeness (QED) is 0.491. The smallest absolute Gasteiger partial charge is 0.378 e. The maximum atomic E-state index is 11.3. The highest BCUT2D eigenvalue weighted by Gasteiger charge is 2.68. The molecule has 0 aromatic heterocycles. The number of rotatable bonds is 2. The van der Waals surface area contributed by atoms with E-state index in [0.717, 1.165) is 6.92 Å². The molecular formula is C11H14O7. The zero-order valence-electron chi connectivity index (χ0n) is 9.71. The lowest BCUT2D eigenvalue weighted by molar-refractivity contribution is -0.198. The molecule has 0 amide bonds. The second kappa shape index (κ2) is 3.69. The van der Waals surface area contributed by atoms with Crippen LogP contribution in [0.15, 0.2) is 11.5 Å². The van der Waals surface area contributed by atoms with Gasteiger partial charge in [-0.3, -0.25) is 4.79 Å². The van der Waals surface area contributed by atoms with Crippen LogP contribution in [-0.2, 0) is 14.3 Å². The van der Waals surface area contributed by atoms with Gasteiger partial charge in [-0.25, -0.2) is 4.79 Å². The van der Waals surface area contributed by atoms with Crippen LogP contribution in [0.2, 0.25) is 0 Å². The lowest BCUT2D eigenvalue weighted by Gasteiger charge is -2.39. The second-order valence-electron chi connectivity index (χ2n) is 4.70. The molecule has 1 fully saturated rings. The minimum atomic E-state index is -2.12. The Hall–Kier alpha value is -1.60. The maximum absolute atomic E-state index is 11.3. The van der Waals surface area contributed by atoms with Crippen LogP contribution in [0.3, 0.4) is 0 Å². The van der Waals surface area contributed by atoms with E-state index in [-0.39, 0.29) is 12.8 Å². The largest absolute Gasteiger partial charge is 0.505 e. The van der Waals surface area contributed by atoms with Crippen molar-refractivity contribution in [2.75, 3.05) is 0 Å². The fourth-order valence-electron chi connectivity index (χ4n) is 2.72. The second-order valence-corrected chi connectivity index (χ2v) is 4.70. The summed E-state index contributed by atoms with van der Waals surface area (Å²) in [6.45, 7) is 1.08. The van der Waals surface area contributed by atoms with Gasteiger partial charge in [-0.05, 0) is 26.2 Å². The Morgan fingerprint density at radius 3 is 2.44 bits per heavy atom. The number of aliphatic hydroxyl groups excluding tert-OH is 3. The fraction of sp³-hybridized carbons (Fsp3) is 0.636.